The van der Waals surface area contributed by atoms with Crippen molar-refractivity contribution in [1.29, 1.82) is 0 Å². The van der Waals surface area contributed by atoms with Gasteiger partial charge in [-0.05, 0) is 79.4 Å². The van der Waals surface area contributed by atoms with E-state index in [0.717, 1.165) is 24.8 Å². The van der Waals surface area contributed by atoms with Crippen LogP contribution in [0.1, 0.15) is 103 Å². The number of phenolic OH excluding ortho intramolecular Hbond substituents is 2. The predicted molar refractivity (Wildman–Crippen MR) is 111 cm³/mol. The Morgan fingerprint density at radius 1 is 0.885 bits per heavy atom. The monoisotopic (exact) mass is 360 g/mol. The highest BCUT2D eigenvalue weighted by molar-refractivity contribution is 5.47. The van der Waals surface area contributed by atoms with Crippen LogP contribution in [0.25, 0.3) is 0 Å². The number of hydrogen-bond donors (Lipinski definition) is 2. The fourth-order valence-corrected chi connectivity index (χ4v) is 3.75. The molecule has 0 bridgehead atoms. The van der Waals surface area contributed by atoms with E-state index in [4.69, 9.17) is 0 Å². The minimum absolute atomic E-state index is 0.0550. The molecule has 2 N–H and O–H groups in total. The summed E-state index contributed by atoms with van der Waals surface area (Å²) in [6.07, 6.45) is 14.5. The molecule has 1 saturated carbocycles. The standard InChI is InChI=1S/C24H40O2/c1-23(2,3)13-9-6-5-7-12-20-17-19(18-21(25)22(20)26)11-8-10-14-24(4)15-16-24/h17-18,25-26H,5-16H2,1-4H3. The van der Waals surface area contributed by atoms with Crippen molar-refractivity contribution in [1.82, 2.24) is 0 Å². The molecular formula is C24H40O2. The third kappa shape index (κ3) is 7.60. The van der Waals surface area contributed by atoms with Crippen molar-refractivity contribution in [2.24, 2.45) is 10.8 Å². The number of rotatable bonds is 11. The van der Waals surface area contributed by atoms with E-state index in [-0.39, 0.29) is 11.5 Å². The predicted octanol–water partition coefficient (Wildman–Crippen LogP) is 7.15. The summed E-state index contributed by atoms with van der Waals surface area (Å²) in [6, 6.07) is 3.87. The molecule has 0 spiro atoms. The van der Waals surface area contributed by atoms with Gasteiger partial charge in [0.1, 0.15) is 0 Å². The first-order valence-electron chi connectivity index (χ1n) is 10.7. The van der Waals surface area contributed by atoms with Crippen LogP contribution >= 0.6 is 0 Å². The minimum atomic E-state index is 0.0550. The molecular weight excluding hydrogens is 320 g/mol. The lowest BCUT2D eigenvalue weighted by molar-refractivity contribution is 0.357. The maximum atomic E-state index is 10.2. The van der Waals surface area contributed by atoms with Crippen LogP contribution in [-0.4, -0.2) is 10.2 Å². The third-order valence-corrected chi connectivity index (χ3v) is 5.95. The molecule has 0 unspecified atom stereocenters. The van der Waals surface area contributed by atoms with Crippen LogP contribution in [-0.2, 0) is 12.8 Å². The Bertz CT molecular complexity index is 564. The average Bonchev–Trinajstić information content (AvgIpc) is 3.28. The molecule has 0 amide bonds. The Hall–Kier alpha value is -1.18. The molecule has 2 nitrogen and oxygen atoms in total. The van der Waals surface area contributed by atoms with Gasteiger partial charge in [-0.15, -0.1) is 0 Å². The van der Waals surface area contributed by atoms with Gasteiger partial charge in [0.2, 0.25) is 0 Å². The van der Waals surface area contributed by atoms with Crippen LogP contribution in [0.15, 0.2) is 12.1 Å². The van der Waals surface area contributed by atoms with E-state index in [2.05, 4.69) is 33.8 Å². The molecule has 26 heavy (non-hydrogen) atoms. The van der Waals surface area contributed by atoms with E-state index < -0.39 is 0 Å². The number of phenols is 2. The normalized spacial score (nSPS) is 16.0. The number of aryl methyl sites for hydroxylation is 2. The van der Waals surface area contributed by atoms with E-state index >= 15 is 0 Å². The largest absolute Gasteiger partial charge is 0.504 e. The topological polar surface area (TPSA) is 40.5 Å². The molecule has 0 saturated heterocycles. The quantitative estimate of drug-likeness (QED) is 0.325. The summed E-state index contributed by atoms with van der Waals surface area (Å²) < 4.78 is 0. The first-order valence-corrected chi connectivity index (χ1v) is 10.7. The summed E-state index contributed by atoms with van der Waals surface area (Å²) in [5.41, 5.74) is 3.15. The second-order valence-corrected chi connectivity index (χ2v) is 10.1. The first kappa shape index (κ1) is 21.1. The third-order valence-electron chi connectivity index (χ3n) is 5.95. The van der Waals surface area contributed by atoms with Crippen molar-refractivity contribution in [2.45, 2.75) is 105 Å². The lowest BCUT2D eigenvalue weighted by Gasteiger charge is -2.17. The van der Waals surface area contributed by atoms with Crippen LogP contribution in [0.4, 0.5) is 0 Å². The van der Waals surface area contributed by atoms with Gasteiger partial charge in [0.05, 0.1) is 0 Å². The van der Waals surface area contributed by atoms with Gasteiger partial charge in [-0.2, -0.15) is 0 Å². The smallest absolute Gasteiger partial charge is 0.160 e. The molecule has 0 aliphatic heterocycles. The molecule has 2 rings (SSSR count). The highest BCUT2D eigenvalue weighted by Gasteiger charge is 2.35. The molecule has 1 aliphatic carbocycles. The second-order valence-electron chi connectivity index (χ2n) is 10.1. The summed E-state index contributed by atoms with van der Waals surface area (Å²) in [6.45, 7) is 9.28. The summed E-state index contributed by atoms with van der Waals surface area (Å²) in [5.74, 6) is 0.147. The Kier molecular flexibility index (Phi) is 7.43. The molecule has 148 valence electrons. The van der Waals surface area contributed by atoms with Crippen LogP contribution in [0, 0.1) is 10.8 Å². The van der Waals surface area contributed by atoms with E-state index in [9.17, 15) is 10.2 Å². The van der Waals surface area contributed by atoms with Crippen molar-refractivity contribution in [3.05, 3.63) is 23.3 Å². The molecule has 1 aliphatic rings. The molecule has 2 heteroatoms. The Morgan fingerprint density at radius 2 is 1.54 bits per heavy atom. The average molecular weight is 361 g/mol. The van der Waals surface area contributed by atoms with Crippen molar-refractivity contribution in [3.63, 3.8) is 0 Å². The Labute approximate surface area is 161 Å². The summed E-state index contributed by atoms with van der Waals surface area (Å²) in [4.78, 5) is 0. The first-order chi connectivity index (χ1) is 12.2. The van der Waals surface area contributed by atoms with Gasteiger partial charge in [0, 0.05) is 0 Å². The van der Waals surface area contributed by atoms with E-state index in [1.807, 2.05) is 0 Å². The summed E-state index contributed by atoms with van der Waals surface area (Å²) >= 11 is 0. The van der Waals surface area contributed by atoms with Crippen molar-refractivity contribution < 1.29 is 10.2 Å². The van der Waals surface area contributed by atoms with E-state index in [1.165, 1.54) is 63.4 Å². The van der Waals surface area contributed by atoms with Gasteiger partial charge in [-0.1, -0.05) is 59.4 Å². The highest BCUT2D eigenvalue weighted by Crippen LogP contribution is 2.49. The van der Waals surface area contributed by atoms with E-state index in [1.54, 1.807) is 6.07 Å². The molecule has 1 aromatic carbocycles. The zero-order valence-corrected chi connectivity index (χ0v) is 17.5. The minimum Gasteiger partial charge on any atom is -0.504 e. The zero-order chi connectivity index (χ0) is 19.2. The highest BCUT2D eigenvalue weighted by atomic mass is 16.3. The number of unbranched alkanes of at least 4 members (excludes halogenated alkanes) is 4. The van der Waals surface area contributed by atoms with Gasteiger partial charge in [-0.25, -0.2) is 0 Å². The van der Waals surface area contributed by atoms with Gasteiger partial charge >= 0.3 is 0 Å². The van der Waals surface area contributed by atoms with Gasteiger partial charge in [0.25, 0.3) is 0 Å². The van der Waals surface area contributed by atoms with Crippen LogP contribution in [0.5, 0.6) is 11.5 Å². The van der Waals surface area contributed by atoms with E-state index in [0.29, 0.717) is 10.8 Å². The summed E-state index contributed by atoms with van der Waals surface area (Å²) in [7, 11) is 0. The maximum Gasteiger partial charge on any atom is 0.160 e. The maximum absolute atomic E-state index is 10.2. The van der Waals surface area contributed by atoms with Crippen molar-refractivity contribution >= 4 is 0 Å². The molecule has 1 aromatic rings. The lowest BCUT2D eigenvalue weighted by atomic mass is 9.89. The number of benzene rings is 1. The lowest BCUT2D eigenvalue weighted by Crippen LogP contribution is -2.03. The molecule has 0 heterocycles. The number of aromatic hydroxyl groups is 2. The Balaban J connectivity index is 1.73. The Morgan fingerprint density at radius 3 is 2.19 bits per heavy atom. The van der Waals surface area contributed by atoms with Gasteiger partial charge < -0.3 is 10.2 Å². The molecule has 0 atom stereocenters. The van der Waals surface area contributed by atoms with Crippen LogP contribution < -0.4 is 0 Å². The van der Waals surface area contributed by atoms with Gasteiger partial charge in [-0.3, -0.25) is 0 Å². The SMILES string of the molecule is CC(C)(C)CCCCCCc1cc(CCCCC2(C)CC2)cc(O)c1O. The zero-order valence-electron chi connectivity index (χ0n) is 17.5. The van der Waals surface area contributed by atoms with Crippen LogP contribution in [0.2, 0.25) is 0 Å². The number of hydrogen-bond acceptors (Lipinski definition) is 2. The fraction of sp³-hybridized carbons (Fsp3) is 0.750. The molecule has 1 fully saturated rings. The van der Waals surface area contributed by atoms with Crippen LogP contribution in [0.3, 0.4) is 0 Å². The second kappa shape index (κ2) is 9.15. The molecule has 0 aromatic heterocycles. The fourth-order valence-electron chi connectivity index (χ4n) is 3.75. The van der Waals surface area contributed by atoms with Crippen molar-refractivity contribution in [2.75, 3.05) is 0 Å². The molecule has 0 radical (unpaired) electrons. The van der Waals surface area contributed by atoms with Crippen molar-refractivity contribution in [3.8, 4) is 11.5 Å². The van der Waals surface area contributed by atoms with Gasteiger partial charge in [0.15, 0.2) is 11.5 Å². The summed E-state index contributed by atoms with van der Waals surface area (Å²) in [5, 5.41) is 20.2.